The van der Waals surface area contributed by atoms with E-state index in [1.165, 1.54) is 16.6 Å². The second-order valence-electron chi connectivity index (χ2n) is 19.3. The van der Waals surface area contributed by atoms with E-state index in [0.29, 0.717) is 111 Å². The molecule has 4 fully saturated rings. The van der Waals surface area contributed by atoms with Gasteiger partial charge in [0.25, 0.3) is 11.8 Å². The minimum Gasteiger partial charge on any atom is -0.369 e. The number of rotatable bonds is 12. The van der Waals surface area contributed by atoms with Gasteiger partial charge in [-0.25, -0.2) is 12.8 Å². The number of aromatic nitrogens is 3. The molecule has 22 heteroatoms. The number of imide groups is 2. The standard InChI is InChI=1S/C50H56FN13O7S/c1-72(70,71)63-20-12-31-3-2-4-39(44(31)63)54-46-36-11-16-52-45(36)56-50(57-46)53-32-5-8-40(38(51)29-32)61-18-13-33(14-19-61)59-25-27-62(28-26-59)43(66)15-17-58-21-23-60(24-22-58)34-6-7-35-37(30-34)49(69)64(48(35)68)41-9-10-42(65)55-47(41)67/h2-8,11,16,29-30,33,41H,9-10,12-15,17-28H2,1H3,(H,55,65,67)(H3,52,53,54,56,57). The lowest BCUT2D eigenvalue weighted by molar-refractivity contribution is -0.136. The molecule has 0 aliphatic carbocycles. The van der Waals surface area contributed by atoms with Crippen molar-refractivity contribution in [2.45, 2.75) is 50.6 Å². The van der Waals surface area contributed by atoms with Gasteiger partial charge in [0.15, 0.2) is 0 Å². The zero-order valence-electron chi connectivity index (χ0n) is 39.9. The molecule has 11 rings (SSSR count). The number of carbonyl (C=O) groups is 5. The van der Waals surface area contributed by atoms with E-state index in [4.69, 9.17) is 4.98 Å². The molecular formula is C50H56FN13O7S. The Kier molecular flexibility index (Phi) is 12.5. The molecule has 72 heavy (non-hydrogen) atoms. The number of amides is 5. The smallest absolute Gasteiger partial charge is 0.262 e. The van der Waals surface area contributed by atoms with Crippen molar-refractivity contribution in [2.75, 3.05) is 110 Å². The maximum Gasteiger partial charge on any atom is 0.262 e. The van der Waals surface area contributed by atoms with Crippen LogP contribution in [0.5, 0.6) is 0 Å². The third-order valence-electron chi connectivity index (χ3n) is 15.0. The number of H-pyrrole nitrogens is 1. The highest BCUT2D eigenvalue weighted by Crippen LogP contribution is 2.40. The molecule has 1 atom stereocenters. The monoisotopic (exact) mass is 1000 g/mol. The summed E-state index contributed by atoms with van der Waals surface area (Å²) in [6.45, 7) is 8.22. The highest BCUT2D eigenvalue weighted by molar-refractivity contribution is 7.92. The van der Waals surface area contributed by atoms with Crippen LogP contribution in [0.4, 0.5) is 44.6 Å². The van der Waals surface area contributed by atoms with Crippen LogP contribution in [0, 0.1) is 5.82 Å². The van der Waals surface area contributed by atoms with Crippen LogP contribution in [0.25, 0.3) is 11.0 Å². The summed E-state index contributed by atoms with van der Waals surface area (Å²) in [6, 6.07) is 17.1. The topological polar surface area (TPSA) is 220 Å². The van der Waals surface area contributed by atoms with Gasteiger partial charge in [-0.05, 0) is 79.8 Å². The lowest BCUT2D eigenvalue weighted by atomic mass is 10.0. The van der Waals surface area contributed by atoms with Crippen LogP contribution in [0.1, 0.15) is 58.4 Å². The lowest BCUT2D eigenvalue weighted by Gasteiger charge is -2.43. The second kappa shape index (κ2) is 19.1. The van der Waals surface area contributed by atoms with Crippen molar-refractivity contribution in [1.29, 1.82) is 0 Å². The molecule has 5 aromatic rings. The Hall–Kier alpha value is -7.17. The lowest BCUT2D eigenvalue weighted by Crippen LogP contribution is -2.54. The third-order valence-corrected chi connectivity index (χ3v) is 16.2. The molecular weight excluding hydrogens is 946 g/mol. The predicted molar refractivity (Wildman–Crippen MR) is 269 cm³/mol. The molecule has 20 nitrogen and oxygen atoms in total. The highest BCUT2D eigenvalue weighted by atomic mass is 32.2. The fourth-order valence-electron chi connectivity index (χ4n) is 11.1. The number of halogens is 1. The Labute approximate surface area is 415 Å². The first-order valence-electron chi connectivity index (χ1n) is 24.6. The Balaban J connectivity index is 0.626. The van der Waals surface area contributed by atoms with Gasteiger partial charge in [-0.3, -0.25) is 48.3 Å². The molecule has 376 valence electrons. The molecule has 0 spiro atoms. The molecule has 5 amide bonds. The van der Waals surface area contributed by atoms with E-state index in [2.05, 4.69) is 45.5 Å². The van der Waals surface area contributed by atoms with Crippen molar-refractivity contribution in [3.63, 3.8) is 0 Å². The van der Waals surface area contributed by atoms with Crippen molar-refractivity contribution in [3.8, 4) is 0 Å². The van der Waals surface area contributed by atoms with Crippen LogP contribution < -0.4 is 30.1 Å². The minimum atomic E-state index is -3.49. The number of carbonyl (C=O) groups excluding carboxylic acids is 5. The summed E-state index contributed by atoms with van der Waals surface area (Å²) in [7, 11) is -3.49. The van der Waals surface area contributed by atoms with E-state index in [9.17, 15) is 32.4 Å². The molecule has 4 N–H and O–H groups in total. The average Bonchev–Trinajstić information content (AvgIpc) is 4.11. The summed E-state index contributed by atoms with van der Waals surface area (Å²) in [6.07, 6.45) is 5.93. The molecule has 2 aromatic heterocycles. The summed E-state index contributed by atoms with van der Waals surface area (Å²) in [5, 5.41) is 9.45. The first-order valence-corrected chi connectivity index (χ1v) is 26.5. The molecule has 3 aromatic carbocycles. The zero-order chi connectivity index (χ0) is 49.8. The van der Waals surface area contributed by atoms with Gasteiger partial charge in [0.2, 0.25) is 33.7 Å². The van der Waals surface area contributed by atoms with Gasteiger partial charge in [-0.1, -0.05) is 12.1 Å². The maximum absolute atomic E-state index is 15.9. The number of nitrogens with one attached hydrogen (secondary N) is 4. The molecule has 1 unspecified atom stereocenters. The predicted octanol–water partition coefficient (Wildman–Crippen LogP) is 3.63. The van der Waals surface area contributed by atoms with Crippen molar-refractivity contribution in [3.05, 3.63) is 89.4 Å². The normalized spacial score (nSPS) is 20.4. The highest BCUT2D eigenvalue weighted by Gasteiger charge is 2.45. The zero-order valence-corrected chi connectivity index (χ0v) is 40.7. The van der Waals surface area contributed by atoms with E-state index in [-0.39, 0.29) is 41.6 Å². The largest absolute Gasteiger partial charge is 0.369 e. The van der Waals surface area contributed by atoms with Crippen molar-refractivity contribution in [1.82, 2.24) is 39.9 Å². The van der Waals surface area contributed by atoms with Crippen LogP contribution in [0.3, 0.4) is 0 Å². The SMILES string of the molecule is CS(=O)(=O)N1CCc2cccc(Nc3nc(Nc4ccc(N5CCC(N6CCN(C(=O)CCN7CCN(c8ccc9c(c8)C(=O)N(C8CCC(=O)NC8=O)C9=O)CC7)CC6)CC5)c(F)c4)nc4[nH]ccc34)c21. The molecule has 6 aliphatic rings. The van der Waals surface area contributed by atoms with Gasteiger partial charge in [-0.2, -0.15) is 9.97 Å². The Bertz CT molecular complexity index is 3110. The van der Waals surface area contributed by atoms with Gasteiger partial charge in [0.05, 0.1) is 39.8 Å². The van der Waals surface area contributed by atoms with Crippen LogP contribution in [-0.2, 0) is 30.8 Å². The quantitative estimate of drug-likeness (QED) is 0.131. The number of anilines is 7. The first kappa shape index (κ1) is 47.2. The number of piperazine rings is 2. The van der Waals surface area contributed by atoms with Crippen molar-refractivity contribution >= 4 is 90.8 Å². The van der Waals surface area contributed by atoms with Crippen LogP contribution in [0.15, 0.2) is 66.9 Å². The Morgan fingerprint density at radius 2 is 1.57 bits per heavy atom. The van der Waals surface area contributed by atoms with Gasteiger partial charge in [-0.15, -0.1) is 0 Å². The molecule has 0 radical (unpaired) electrons. The van der Waals surface area contributed by atoms with E-state index < -0.39 is 39.7 Å². The first-order chi connectivity index (χ1) is 34.7. The van der Waals surface area contributed by atoms with E-state index >= 15 is 4.39 Å². The van der Waals surface area contributed by atoms with Gasteiger partial charge >= 0.3 is 0 Å². The van der Waals surface area contributed by atoms with Gasteiger partial charge < -0.3 is 30.3 Å². The van der Waals surface area contributed by atoms with E-state index in [1.807, 2.05) is 41.3 Å². The number of para-hydroxylation sites is 1. The summed E-state index contributed by atoms with van der Waals surface area (Å²) in [4.78, 5) is 88.4. The number of fused-ring (bicyclic) bond motifs is 3. The Morgan fingerprint density at radius 3 is 2.32 bits per heavy atom. The summed E-state index contributed by atoms with van der Waals surface area (Å²) in [5.74, 6) is -1.59. The number of benzene rings is 3. The number of hydrogen-bond donors (Lipinski definition) is 4. The number of sulfonamides is 1. The molecule has 8 heterocycles. The second-order valence-corrected chi connectivity index (χ2v) is 21.2. The molecule has 0 saturated carbocycles. The van der Waals surface area contributed by atoms with Crippen molar-refractivity contribution < 1.29 is 36.8 Å². The third kappa shape index (κ3) is 9.17. The summed E-state index contributed by atoms with van der Waals surface area (Å²) in [5.41, 5.74) is 5.04. The number of aromatic amines is 1. The van der Waals surface area contributed by atoms with Crippen LogP contribution >= 0.6 is 0 Å². The molecule has 4 saturated heterocycles. The van der Waals surface area contributed by atoms with Gasteiger partial charge in [0, 0.05) is 115 Å². The van der Waals surface area contributed by atoms with E-state index in [1.54, 1.807) is 24.4 Å². The fraction of sp³-hybridized carbons (Fsp3) is 0.420. The molecule has 6 aliphatic heterocycles. The van der Waals surface area contributed by atoms with Crippen LogP contribution in [-0.4, -0.2) is 169 Å². The van der Waals surface area contributed by atoms with Crippen molar-refractivity contribution in [2.24, 2.45) is 0 Å². The fourth-order valence-corrected chi connectivity index (χ4v) is 12.1. The maximum atomic E-state index is 15.9. The number of hydrogen-bond acceptors (Lipinski definition) is 15. The van der Waals surface area contributed by atoms with Gasteiger partial charge in [0.1, 0.15) is 23.3 Å². The number of piperidine rings is 2. The summed E-state index contributed by atoms with van der Waals surface area (Å²) >= 11 is 0. The summed E-state index contributed by atoms with van der Waals surface area (Å²) < 4.78 is 42.5. The average molecular weight is 1000 g/mol. The number of nitrogens with zero attached hydrogens (tertiary/aromatic N) is 9. The minimum absolute atomic E-state index is 0.0674. The Morgan fingerprint density at radius 1 is 0.792 bits per heavy atom. The molecule has 0 bridgehead atoms. The van der Waals surface area contributed by atoms with Crippen LogP contribution in [0.2, 0.25) is 0 Å². The van der Waals surface area contributed by atoms with E-state index in [0.717, 1.165) is 55.2 Å².